The van der Waals surface area contributed by atoms with E-state index in [9.17, 15) is 9.00 Å². The van der Waals surface area contributed by atoms with Gasteiger partial charge in [0.15, 0.2) is 0 Å². The second-order valence-corrected chi connectivity index (χ2v) is 5.31. The molecular weight excluding hydrogens is 276 g/mol. The van der Waals surface area contributed by atoms with Crippen LogP contribution in [0.5, 0.6) is 0 Å². The lowest BCUT2D eigenvalue weighted by atomic mass is 10.2. The second kappa shape index (κ2) is 9.09. The fourth-order valence-corrected chi connectivity index (χ4v) is 2.03. The number of methoxy groups -OCH3 is 1. The largest absolute Gasteiger partial charge is 0.500 e. The Kier molecular flexibility index (Phi) is 7.35. The molecule has 0 aliphatic rings. The number of aryl methyl sites for hydroxylation is 1. The van der Waals surface area contributed by atoms with Crippen molar-refractivity contribution in [2.24, 2.45) is 0 Å². The van der Waals surface area contributed by atoms with Gasteiger partial charge in [-0.05, 0) is 25.5 Å². The van der Waals surface area contributed by atoms with E-state index < -0.39 is 10.8 Å². The molecule has 20 heavy (non-hydrogen) atoms. The number of hydrogen-bond donors (Lipinski definition) is 0. The van der Waals surface area contributed by atoms with Gasteiger partial charge in [-0.2, -0.15) is 0 Å². The van der Waals surface area contributed by atoms with Crippen molar-refractivity contribution in [3.63, 3.8) is 0 Å². The van der Waals surface area contributed by atoms with Gasteiger partial charge in [-0.1, -0.05) is 23.8 Å². The van der Waals surface area contributed by atoms with Gasteiger partial charge in [0.1, 0.15) is 0 Å². The highest BCUT2D eigenvalue weighted by molar-refractivity contribution is 7.88. The van der Waals surface area contributed by atoms with Crippen LogP contribution in [0.1, 0.15) is 12.0 Å². The molecule has 0 heterocycles. The third kappa shape index (κ3) is 6.33. The van der Waals surface area contributed by atoms with Crippen LogP contribution >= 0.6 is 0 Å². The SMILES string of the molecule is COC(=O)/C=C\CCO/C=C/[S@@](=O)c1ccc(C)cc1. The van der Waals surface area contributed by atoms with Gasteiger partial charge in [0.05, 0.1) is 30.8 Å². The fraction of sp³-hybridized carbons (Fsp3) is 0.267. The normalized spacial score (nSPS) is 12.7. The first kappa shape index (κ1) is 16.2. The summed E-state index contributed by atoms with van der Waals surface area (Å²) >= 11 is 0. The summed E-state index contributed by atoms with van der Waals surface area (Å²) in [7, 11) is 0.120. The Hall–Kier alpha value is -1.88. The summed E-state index contributed by atoms with van der Waals surface area (Å²) in [5, 5.41) is 1.49. The first-order valence-electron chi connectivity index (χ1n) is 6.13. The van der Waals surface area contributed by atoms with Crippen molar-refractivity contribution in [1.82, 2.24) is 0 Å². The molecule has 0 amide bonds. The molecule has 108 valence electrons. The van der Waals surface area contributed by atoms with Gasteiger partial charge in [-0.25, -0.2) is 9.00 Å². The average molecular weight is 294 g/mol. The molecule has 0 saturated carbocycles. The molecular formula is C15H18O4S. The van der Waals surface area contributed by atoms with Gasteiger partial charge in [-0.3, -0.25) is 0 Å². The van der Waals surface area contributed by atoms with Crippen molar-refractivity contribution in [3.05, 3.63) is 53.7 Å². The van der Waals surface area contributed by atoms with Gasteiger partial charge in [0, 0.05) is 16.4 Å². The molecule has 1 rings (SSSR count). The lowest BCUT2D eigenvalue weighted by Crippen LogP contribution is -1.94. The molecule has 0 radical (unpaired) electrons. The van der Waals surface area contributed by atoms with Crippen LogP contribution in [0.15, 0.2) is 53.0 Å². The topological polar surface area (TPSA) is 52.6 Å². The minimum atomic E-state index is -1.21. The van der Waals surface area contributed by atoms with E-state index in [0.717, 1.165) is 10.5 Å². The second-order valence-electron chi connectivity index (χ2n) is 3.97. The van der Waals surface area contributed by atoms with Crippen molar-refractivity contribution < 1.29 is 18.5 Å². The zero-order valence-corrected chi connectivity index (χ0v) is 12.4. The summed E-state index contributed by atoms with van der Waals surface area (Å²) in [6.07, 6.45) is 5.01. The molecule has 0 fully saturated rings. The number of carbonyl (C=O) groups is 1. The van der Waals surface area contributed by atoms with Gasteiger partial charge in [0.25, 0.3) is 0 Å². The van der Waals surface area contributed by atoms with Gasteiger partial charge >= 0.3 is 5.97 Å². The molecule has 1 aromatic rings. The average Bonchev–Trinajstić information content (AvgIpc) is 2.46. The van der Waals surface area contributed by atoms with E-state index in [1.54, 1.807) is 6.08 Å². The minimum absolute atomic E-state index is 0.388. The Morgan fingerprint density at radius 1 is 1.30 bits per heavy atom. The zero-order valence-electron chi connectivity index (χ0n) is 11.6. The van der Waals surface area contributed by atoms with Gasteiger partial charge < -0.3 is 9.47 Å². The van der Waals surface area contributed by atoms with E-state index in [-0.39, 0.29) is 5.97 Å². The van der Waals surface area contributed by atoms with Gasteiger partial charge in [-0.15, -0.1) is 0 Å². The maximum absolute atomic E-state index is 11.8. The Morgan fingerprint density at radius 2 is 2.00 bits per heavy atom. The van der Waals surface area contributed by atoms with Crippen LogP contribution in [0.25, 0.3) is 0 Å². The number of esters is 1. The summed E-state index contributed by atoms with van der Waals surface area (Å²) in [4.78, 5) is 11.5. The summed E-state index contributed by atoms with van der Waals surface area (Å²) in [6, 6.07) is 7.49. The van der Waals surface area contributed by atoms with Crippen LogP contribution in [-0.4, -0.2) is 23.9 Å². The van der Waals surface area contributed by atoms with E-state index in [1.165, 1.54) is 24.9 Å². The third-order valence-electron chi connectivity index (χ3n) is 2.39. The number of carbonyl (C=O) groups excluding carboxylic acids is 1. The molecule has 0 aliphatic carbocycles. The first-order chi connectivity index (χ1) is 9.63. The minimum Gasteiger partial charge on any atom is -0.500 e. The van der Waals surface area contributed by atoms with E-state index in [0.29, 0.717) is 13.0 Å². The Balaban J connectivity index is 2.28. The molecule has 4 nitrogen and oxygen atoms in total. The lowest BCUT2D eigenvalue weighted by molar-refractivity contribution is -0.134. The van der Waals surface area contributed by atoms with Crippen LogP contribution in [0.3, 0.4) is 0 Å². The molecule has 5 heteroatoms. The maximum Gasteiger partial charge on any atom is 0.330 e. The van der Waals surface area contributed by atoms with Crippen molar-refractivity contribution in [2.45, 2.75) is 18.2 Å². The van der Waals surface area contributed by atoms with Crippen molar-refractivity contribution >= 4 is 16.8 Å². The zero-order chi connectivity index (χ0) is 14.8. The Labute approximate surface area is 121 Å². The van der Waals surface area contributed by atoms with Crippen molar-refractivity contribution in [2.75, 3.05) is 13.7 Å². The number of hydrogen-bond acceptors (Lipinski definition) is 4. The number of rotatable bonds is 7. The van der Waals surface area contributed by atoms with Crippen LogP contribution < -0.4 is 0 Å². The highest BCUT2D eigenvalue weighted by Gasteiger charge is 1.98. The molecule has 1 atom stereocenters. The molecule has 0 aromatic heterocycles. The maximum atomic E-state index is 11.8. The summed E-state index contributed by atoms with van der Waals surface area (Å²) in [5.74, 6) is -0.388. The third-order valence-corrected chi connectivity index (χ3v) is 3.48. The van der Waals surface area contributed by atoms with E-state index in [2.05, 4.69) is 4.74 Å². The van der Waals surface area contributed by atoms with Crippen molar-refractivity contribution in [3.8, 4) is 0 Å². The predicted octanol–water partition coefficient (Wildman–Crippen LogP) is 2.71. The van der Waals surface area contributed by atoms with Crippen LogP contribution in [0, 0.1) is 6.92 Å². The molecule has 0 spiro atoms. The molecule has 0 N–H and O–H groups in total. The van der Waals surface area contributed by atoms with Crippen molar-refractivity contribution in [1.29, 1.82) is 0 Å². The Morgan fingerprint density at radius 3 is 2.65 bits per heavy atom. The monoisotopic (exact) mass is 294 g/mol. The summed E-state index contributed by atoms with van der Waals surface area (Å²) < 4.78 is 21.5. The smallest absolute Gasteiger partial charge is 0.330 e. The van der Waals surface area contributed by atoms with E-state index in [4.69, 9.17) is 4.74 Å². The summed E-state index contributed by atoms with van der Waals surface area (Å²) in [5.41, 5.74) is 1.13. The molecule has 0 aliphatic heterocycles. The van der Waals surface area contributed by atoms with Crippen LogP contribution in [-0.2, 0) is 25.1 Å². The lowest BCUT2D eigenvalue weighted by Gasteiger charge is -1.99. The molecule has 0 saturated heterocycles. The first-order valence-corrected chi connectivity index (χ1v) is 7.35. The van der Waals surface area contributed by atoms with Crippen LogP contribution in [0.4, 0.5) is 0 Å². The van der Waals surface area contributed by atoms with Crippen LogP contribution in [0.2, 0.25) is 0 Å². The molecule has 1 aromatic carbocycles. The predicted molar refractivity (Wildman–Crippen MR) is 78.5 cm³/mol. The summed E-state index contributed by atoms with van der Waals surface area (Å²) in [6.45, 7) is 2.39. The van der Waals surface area contributed by atoms with Gasteiger partial charge in [0.2, 0.25) is 0 Å². The highest BCUT2D eigenvalue weighted by Crippen LogP contribution is 2.09. The quantitative estimate of drug-likeness (QED) is 0.336. The molecule has 0 unspecified atom stereocenters. The highest BCUT2D eigenvalue weighted by atomic mass is 32.2. The van der Waals surface area contributed by atoms with E-state index in [1.807, 2.05) is 31.2 Å². The standard InChI is InChI=1S/C15H18O4S/c1-13-6-8-14(9-7-13)20(17)12-11-19-10-4-3-5-15(16)18-2/h3,5-9,11-12H,4,10H2,1-2H3/b5-3-,12-11+/t20-/m1/s1. The molecule has 0 bridgehead atoms. The number of ether oxygens (including phenoxy) is 2. The fourth-order valence-electron chi connectivity index (χ4n) is 1.29. The van der Waals surface area contributed by atoms with E-state index >= 15 is 0 Å². The Bertz CT molecular complexity index is 503. The number of benzene rings is 1.